The molecule has 30 heavy (non-hydrogen) atoms. The number of amides is 1. The molecule has 0 unspecified atom stereocenters. The van der Waals surface area contributed by atoms with E-state index in [2.05, 4.69) is 15.5 Å². The van der Waals surface area contributed by atoms with Crippen LogP contribution in [0, 0.1) is 0 Å². The standard InChI is InChI=1S/C22H19N3O5/c1-29-20-12-16(13-24-25-21(26)18-4-2-3-11-23-18)7-10-19(20)30-14-15-5-8-17(9-6-15)22(27)28/h2-13H,14H2,1H3,(H,25,26)(H,27,28). The van der Waals surface area contributed by atoms with E-state index in [0.717, 1.165) is 5.56 Å². The number of aromatic nitrogens is 1. The first-order valence-electron chi connectivity index (χ1n) is 8.94. The highest BCUT2D eigenvalue weighted by Gasteiger charge is 2.08. The van der Waals surface area contributed by atoms with Gasteiger partial charge in [0, 0.05) is 6.20 Å². The van der Waals surface area contributed by atoms with E-state index in [4.69, 9.17) is 14.6 Å². The first-order chi connectivity index (χ1) is 14.6. The predicted octanol–water partition coefficient (Wildman–Crippen LogP) is 3.13. The molecule has 0 bridgehead atoms. The van der Waals surface area contributed by atoms with E-state index in [9.17, 15) is 9.59 Å². The highest BCUT2D eigenvalue weighted by molar-refractivity contribution is 5.93. The summed E-state index contributed by atoms with van der Waals surface area (Å²) < 4.78 is 11.1. The number of pyridine rings is 1. The van der Waals surface area contributed by atoms with Crippen LogP contribution in [0.2, 0.25) is 0 Å². The molecule has 3 rings (SSSR count). The Morgan fingerprint density at radius 3 is 2.57 bits per heavy atom. The van der Waals surface area contributed by atoms with Gasteiger partial charge >= 0.3 is 5.97 Å². The molecule has 8 heteroatoms. The molecule has 0 aliphatic rings. The average molecular weight is 405 g/mol. The molecule has 152 valence electrons. The number of nitrogens with zero attached hydrogens (tertiary/aromatic N) is 2. The maximum absolute atomic E-state index is 11.9. The first kappa shape index (κ1) is 20.5. The van der Waals surface area contributed by atoms with Crippen LogP contribution < -0.4 is 14.9 Å². The molecule has 8 nitrogen and oxygen atoms in total. The second kappa shape index (κ2) is 9.83. The van der Waals surface area contributed by atoms with Crippen LogP contribution in [0.25, 0.3) is 0 Å². The Kier molecular flexibility index (Phi) is 6.73. The molecule has 0 atom stereocenters. The summed E-state index contributed by atoms with van der Waals surface area (Å²) in [5.41, 5.74) is 4.43. The summed E-state index contributed by atoms with van der Waals surface area (Å²) in [4.78, 5) is 26.8. The quantitative estimate of drug-likeness (QED) is 0.440. The molecule has 2 aromatic carbocycles. The number of ether oxygens (including phenoxy) is 2. The minimum absolute atomic E-state index is 0.218. The molecule has 3 aromatic rings. The van der Waals surface area contributed by atoms with Gasteiger partial charge in [-0.1, -0.05) is 18.2 Å². The van der Waals surface area contributed by atoms with E-state index in [0.29, 0.717) is 17.1 Å². The molecule has 1 heterocycles. The molecule has 0 spiro atoms. The summed E-state index contributed by atoms with van der Waals surface area (Å²) in [5.74, 6) is -0.364. The minimum Gasteiger partial charge on any atom is -0.493 e. The zero-order valence-electron chi connectivity index (χ0n) is 16.1. The van der Waals surface area contributed by atoms with Gasteiger partial charge in [0.2, 0.25) is 0 Å². The number of nitrogens with one attached hydrogen (secondary N) is 1. The van der Waals surface area contributed by atoms with Crippen molar-refractivity contribution in [2.75, 3.05) is 7.11 Å². The lowest BCUT2D eigenvalue weighted by molar-refractivity contribution is 0.0696. The number of methoxy groups -OCH3 is 1. The summed E-state index contributed by atoms with van der Waals surface area (Å²) in [6.07, 6.45) is 3.01. The Labute approximate surface area is 172 Å². The fourth-order valence-corrected chi connectivity index (χ4v) is 2.51. The average Bonchev–Trinajstić information content (AvgIpc) is 2.78. The number of carboxylic acids is 1. The monoisotopic (exact) mass is 405 g/mol. The number of carboxylic acid groups (broad SMARTS) is 1. The Bertz CT molecular complexity index is 1050. The topological polar surface area (TPSA) is 110 Å². The molecule has 0 aliphatic heterocycles. The van der Waals surface area contributed by atoms with Crippen LogP contribution in [0.4, 0.5) is 0 Å². The molecule has 1 aromatic heterocycles. The number of carbonyl (C=O) groups excluding carboxylic acids is 1. The maximum atomic E-state index is 11.9. The zero-order chi connectivity index (χ0) is 21.3. The van der Waals surface area contributed by atoms with E-state index in [1.54, 1.807) is 48.5 Å². The highest BCUT2D eigenvalue weighted by Crippen LogP contribution is 2.28. The predicted molar refractivity (Wildman–Crippen MR) is 110 cm³/mol. The van der Waals surface area contributed by atoms with Crippen LogP contribution in [0.3, 0.4) is 0 Å². The van der Waals surface area contributed by atoms with Crippen LogP contribution in [0.15, 0.2) is 72.0 Å². The number of aromatic carboxylic acids is 1. The van der Waals surface area contributed by atoms with Crippen molar-refractivity contribution in [1.82, 2.24) is 10.4 Å². The van der Waals surface area contributed by atoms with Crippen molar-refractivity contribution in [2.24, 2.45) is 5.10 Å². The summed E-state index contributed by atoms with van der Waals surface area (Å²) in [6, 6.07) is 16.7. The van der Waals surface area contributed by atoms with Crippen molar-refractivity contribution >= 4 is 18.1 Å². The van der Waals surface area contributed by atoms with Crippen molar-refractivity contribution in [3.05, 3.63) is 89.2 Å². The second-order valence-electron chi connectivity index (χ2n) is 6.12. The fourth-order valence-electron chi connectivity index (χ4n) is 2.51. The number of rotatable bonds is 8. The van der Waals surface area contributed by atoms with Crippen molar-refractivity contribution in [3.8, 4) is 11.5 Å². The van der Waals surface area contributed by atoms with Gasteiger partial charge in [0.25, 0.3) is 5.91 Å². The number of hydrazone groups is 1. The van der Waals surface area contributed by atoms with Crippen LogP contribution >= 0.6 is 0 Å². The van der Waals surface area contributed by atoms with Gasteiger partial charge in [0.1, 0.15) is 12.3 Å². The van der Waals surface area contributed by atoms with E-state index < -0.39 is 11.9 Å². The Balaban J connectivity index is 1.61. The largest absolute Gasteiger partial charge is 0.493 e. The van der Waals surface area contributed by atoms with Crippen LogP contribution in [0.1, 0.15) is 32.0 Å². The lowest BCUT2D eigenvalue weighted by atomic mass is 10.1. The van der Waals surface area contributed by atoms with Crippen LogP contribution in [-0.2, 0) is 6.61 Å². The van der Waals surface area contributed by atoms with Crippen molar-refractivity contribution in [2.45, 2.75) is 6.61 Å². The molecule has 0 saturated heterocycles. The minimum atomic E-state index is -0.974. The molecule has 0 aliphatic carbocycles. The maximum Gasteiger partial charge on any atom is 0.335 e. The number of carbonyl (C=O) groups is 2. The molecule has 2 N–H and O–H groups in total. The summed E-state index contributed by atoms with van der Waals surface area (Å²) >= 11 is 0. The van der Waals surface area contributed by atoms with Gasteiger partial charge in [0.05, 0.1) is 18.9 Å². The van der Waals surface area contributed by atoms with Gasteiger partial charge in [-0.2, -0.15) is 5.10 Å². The number of benzene rings is 2. The van der Waals surface area contributed by atoms with Crippen molar-refractivity contribution in [3.63, 3.8) is 0 Å². The SMILES string of the molecule is COc1cc(C=NNC(=O)c2ccccn2)ccc1OCc1ccc(C(=O)O)cc1. The lowest BCUT2D eigenvalue weighted by Gasteiger charge is -2.11. The fraction of sp³-hybridized carbons (Fsp3) is 0.0909. The molecule has 0 fully saturated rings. The lowest BCUT2D eigenvalue weighted by Crippen LogP contribution is -2.18. The number of hydrogen-bond acceptors (Lipinski definition) is 6. The first-order valence-corrected chi connectivity index (χ1v) is 8.94. The smallest absolute Gasteiger partial charge is 0.335 e. The Hall–Kier alpha value is -4.20. The second-order valence-corrected chi connectivity index (χ2v) is 6.12. The van der Waals surface area contributed by atoms with Crippen LogP contribution in [0.5, 0.6) is 11.5 Å². The molecular weight excluding hydrogens is 386 g/mol. The third-order valence-electron chi connectivity index (χ3n) is 4.06. The van der Waals surface area contributed by atoms with Gasteiger partial charge in [-0.3, -0.25) is 9.78 Å². The zero-order valence-corrected chi connectivity index (χ0v) is 16.1. The van der Waals surface area contributed by atoms with Gasteiger partial charge in [-0.05, 0) is 53.6 Å². The van der Waals surface area contributed by atoms with Crippen molar-refractivity contribution < 1.29 is 24.2 Å². The summed E-state index contributed by atoms with van der Waals surface area (Å²) in [5, 5.41) is 12.9. The van der Waals surface area contributed by atoms with Gasteiger partial charge < -0.3 is 14.6 Å². The normalized spacial score (nSPS) is 10.6. The Morgan fingerprint density at radius 2 is 1.90 bits per heavy atom. The van der Waals surface area contributed by atoms with Gasteiger partial charge in [0.15, 0.2) is 11.5 Å². The van der Waals surface area contributed by atoms with Crippen LogP contribution in [-0.4, -0.2) is 35.3 Å². The molecule has 0 radical (unpaired) electrons. The molecular formula is C22H19N3O5. The third kappa shape index (κ3) is 5.41. The van der Waals surface area contributed by atoms with E-state index in [1.165, 1.54) is 31.7 Å². The van der Waals surface area contributed by atoms with Gasteiger partial charge in [-0.25, -0.2) is 10.2 Å². The Morgan fingerprint density at radius 1 is 1.10 bits per heavy atom. The third-order valence-corrected chi connectivity index (χ3v) is 4.06. The summed E-state index contributed by atoms with van der Waals surface area (Å²) in [6.45, 7) is 0.254. The van der Waals surface area contributed by atoms with Crippen molar-refractivity contribution in [1.29, 1.82) is 0 Å². The molecule has 1 amide bonds. The van der Waals surface area contributed by atoms with E-state index in [1.807, 2.05) is 0 Å². The summed E-state index contributed by atoms with van der Waals surface area (Å²) in [7, 11) is 1.52. The van der Waals surface area contributed by atoms with Gasteiger partial charge in [-0.15, -0.1) is 0 Å². The van der Waals surface area contributed by atoms with E-state index >= 15 is 0 Å². The number of hydrogen-bond donors (Lipinski definition) is 2. The highest BCUT2D eigenvalue weighted by atomic mass is 16.5. The van der Waals surface area contributed by atoms with E-state index in [-0.39, 0.29) is 17.9 Å². The molecule has 0 saturated carbocycles.